The van der Waals surface area contributed by atoms with Gasteiger partial charge in [-0.1, -0.05) is 12.1 Å². The lowest BCUT2D eigenvalue weighted by Crippen LogP contribution is -2.73. The molecule has 1 aliphatic heterocycles. The number of carbonyl (C=O) groups excluding carboxylic acids is 2. The van der Waals surface area contributed by atoms with Crippen LogP contribution in [0, 0.1) is 16.0 Å². The molecule has 0 bridgehead atoms. The van der Waals surface area contributed by atoms with Gasteiger partial charge in [-0.05, 0) is 12.5 Å². The smallest absolute Gasteiger partial charge is 0.437 e. The summed E-state index contributed by atoms with van der Waals surface area (Å²) >= 11 is 0. The molecule has 0 radical (unpaired) electrons. The molecule has 0 spiro atoms. The number of non-ortho nitro benzene ring substituents is 1. The van der Waals surface area contributed by atoms with Crippen molar-refractivity contribution in [2.75, 3.05) is 13.7 Å². The largest absolute Gasteiger partial charge is 0.466 e. The van der Waals surface area contributed by atoms with Crippen molar-refractivity contribution in [3.05, 3.63) is 39.9 Å². The average Bonchev–Trinajstić information content (AvgIpc) is 2.58. The molecule has 12 heteroatoms. The maximum atomic E-state index is 13.7. The van der Waals surface area contributed by atoms with E-state index in [0.717, 1.165) is 24.3 Å². The number of benzene rings is 1. The van der Waals surface area contributed by atoms with Crippen LogP contribution in [0.3, 0.4) is 0 Å². The molecular formula is C15H16F3N3O6. The van der Waals surface area contributed by atoms with E-state index in [9.17, 15) is 38.0 Å². The highest BCUT2D eigenvalue weighted by Gasteiger charge is 2.69. The summed E-state index contributed by atoms with van der Waals surface area (Å²) in [4.78, 5) is 34.3. The van der Waals surface area contributed by atoms with E-state index in [0.29, 0.717) is 7.05 Å². The van der Waals surface area contributed by atoms with Gasteiger partial charge in [0.2, 0.25) is 0 Å². The molecule has 3 atom stereocenters. The van der Waals surface area contributed by atoms with Crippen LogP contribution in [0.25, 0.3) is 0 Å². The highest BCUT2D eigenvalue weighted by atomic mass is 19.4. The first-order chi connectivity index (χ1) is 12.4. The van der Waals surface area contributed by atoms with Crippen molar-refractivity contribution in [3.8, 4) is 0 Å². The first-order valence-electron chi connectivity index (χ1n) is 7.69. The van der Waals surface area contributed by atoms with Crippen LogP contribution in [0.5, 0.6) is 0 Å². The first kappa shape index (κ1) is 20.4. The van der Waals surface area contributed by atoms with Crippen LogP contribution in [-0.2, 0) is 9.53 Å². The second-order valence-corrected chi connectivity index (χ2v) is 5.79. The number of nitro benzene ring substituents is 1. The summed E-state index contributed by atoms with van der Waals surface area (Å²) in [5, 5.41) is 23.4. The Bertz CT molecular complexity index is 754. The van der Waals surface area contributed by atoms with Crippen molar-refractivity contribution >= 4 is 17.7 Å². The first-order valence-corrected chi connectivity index (χ1v) is 7.69. The molecule has 1 saturated heterocycles. The van der Waals surface area contributed by atoms with Crippen LogP contribution in [-0.4, -0.2) is 52.5 Å². The minimum Gasteiger partial charge on any atom is -0.466 e. The number of rotatable bonds is 4. The second-order valence-electron chi connectivity index (χ2n) is 5.79. The number of alkyl halides is 3. The fraction of sp³-hybridized carbons (Fsp3) is 0.467. The lowest BCUT2D eigenvalue weighted by Gasteiger charge is -2.49. The maximum Gasteiger partial charge on any atom is 0.437 e. The molecule has 1 aromatic rings. The minimum atomic E-state index is -5.38. The molecular weight excluding hydrogens is 375 g/mol. The number of hydrogen-bond acceptors (Lipinski definition) is 6. The van der Waals surface area contributed by atoms with Crippen molar-refractivity contribution < 1.29 is 37.5 Å². The van der Waals surface area contributed by atoms with Crippen molar-refractivity contribution in [2.24, 2.45) is 5.92 Å². The lowest BCUT2D eigenvalue weighted by atomic mass is 9.81. The van der Waals surface area contributed by atoms with Crippen LogP contribution < -0.4 is 5.32 Å². The zero-order valence-corrected chi connectivity index (χ0v) is 14.2. The number of halogens is 3. The monoisotopic (exact) mass is 391 g/mol. The average molecular weight is 391 g/mol. The number of hydrogen-bond donors (Lipinski definition) is 2. The van der Waals surface area contributed by atoms with E-state index in [1.807, 2.05) is 0 Å². The van der Waals surface area contributed by atoms with Gasteiger partial charge in [0.05, 0.1) is 17.6 Å². The van der Waals surface area contributed by atoms with Crippen molar-refractivity contribution in [1.82, 2.24) is 10.2 Å². The molecule has 0 aromatic heterocycles. The van der Waals surface area contributed by atoms with Crippen LogP contribution >= 0.6 is 0 Å². The summed E-state index contributed by atoms with van der Waals surface area (Å²) in [6.07, 6.45) is -5.38. The molecule has 1 fully saturated rings. The van der Waals surface area contributed by atoms with Crippen molar-refractivity contribution in [3.63, 3.8) is 0 Å². The van der Waals surface area contributed by atoms with E-state index in [2.05, 4.69) is 10.1 Å². The number of urea groups is 1. The number of nitrogens with zero attached hydrogens (tertiary/aromatic N) is 2. The number of esters is 1. The number of ether oxygens (including phenoxy) is 1. The molecule has 2 rings (SSSR count). The fourth-order valence-electron chi connectivity index (χ4n) is 2.89. The molecule has 1 aromatic carbocycles. The Hall–Kier alpha value is -2.89. The van der Waals surface area contributed by atoms with Crippen molar-refractivity contribution in [2.45, 2.75) is 24.9 Å². The standard InChI is InChI=1S/C15H16F3N3O6/c1-3-27-12(22)10-11(8-4-6-9(7-5-8)21(25)26)19-13(23)20(2)14(10,24)15(16,17)18/h4-7,10-11,24H,3H2,1-2H3,(H,19,23)/t10-,11+,14+/m0/s1. The van der Waals surface area contributed by atoms with Gasteiger partial charge < -0.3 is 15.2 Å². The van der Waals surface area contributed by atoms with Gasteiger partial charge in [-0.2, -0.15) is 13.2 Å². The Morgan fingerprint density at radius 3 is 2.41 bits per heavy atom. The second kappa shape index (κ2) is 7.02. The number of aliphatic hydroxyl groups is 1. The third-order valence-electron chi connectivity index (χ3n) is 4.28. The normalized spacial score (nSPS) is 25.7. The topological polar surface area (TPSA) is 122 Å². The predicted molar refractivity (Wildman–Crippen MR) is 83.3 cm³/mol. The third-order valence-corrected chi connectivity index (χ3v) is 4.28. The van der Waals surface area contributed by atoms with Crippen LogP contribution in [0.15, 0.2) is 24.3 Å². The molecule has 148 valence electrons. The highest BCUT2D eigenvalue weighted by molar-refractivity contribution is 5.83. The summed E-state index contributed by atoms with van der Waals surface area (Å²) in [5.74, 6) is -3.64. The van der Waals surface area contributed by atoms with Gasteiger partial charge in [-0.15, -0.1) is 0 Å². The summed E-state index contributed by atoms with van der Waals surface area (Å²) in [7, 11) is 0.696. The number of carbonyl (C=O) groups is 2. The zero-order valence-electron chi connectivity index (χ0n) is 14.2. The Balaban J connectivity index is 2.61. The Morgan fingerprint density at radius 2 is 1.96 bits per heavy atom. The molecule has 1 heterocycles. The van der Waals surface area contributed by atoms with Crippen LogP contribution in [0.1, 0.15) is 18.5 Å². The number of nitro groups is 1. The summed E-state index contributed by atoms with van der Waals surface area (Å²) in [5.41, 5.74) is -4.21. The van der Waals surface area contributed by atoms with Gasteiger partial charge >= 0.3 is 18.2 Å². The molecule has 0 saturated carbocycles. The minimum absolute atomic E-state index is 0.0174. The Kier molecular flexibility index (Phi) is 5.31. The van der Waals surface area contributed by atoms with Crippen LogP contribution in [0.4, 0.5) is 23.7 Å². The quantitative estimate of drug-likeness (QED) is 0.458. The molecule has 1 aliphatic rings. The molecule has 2 N–H and O–H groups in total. The fourth-order valence-corrected chi connectivity index (χ4v) is 2.89. The van der Waals surface area contributed by atoms with Crippen LogP contribution in [0.2, 0.25) is 0 Å². The van der Waals surface area contributed by atoms with Gasteiger partial charge in [0.25, 0.3) is 11.4 Å². The predicted octanol–water partition coefficient (Wildman–Crippen LogP) is 1.72. The number of amides is 2. The number of nitrogens with one attached hydrogen (secondary N) is 1. The molecule has 0 aliphatic carbocycles. The van der Waals surface area contributed by atoms with Gasteiger partial charge in [0.15, 0.2) is 0 Å². The van der Waals surface area contributed by atoms with Gasteiger partial charge in [0.1, 0.15) is 5.92 Å². The van der Waals surface area contributed by atoms with Gasteiger partial charge in [-0.3, -0.25) is 19.8 Å². The summed E-state index contributed by atoms with van der Waals surface area (Å²) in [6.45, 7) is 1.12. The van der Waals surface area contributed by atoms with Gasteiger partial charge in [0, 0.05) is 19.2 Å². The van der Waals surface area contributed by atoms with E-state index in [1.54, 1.807) is 0 Å². The van der Waals surface area contributed by atoms with Gasteiger partial charge in [-0.25, -0.2) is 4.79 Å². The Morgan fingerprint density at radius 1 is 1.41 bits per heavy atom. The maximum absolute atomic E-state index is 13.7. The third kappa shape index (κ3) is 3.39. The van der Waals surface area contributed by atoms with E-state index in [4.69, 9.17) is 0 Å². The Labute approximate surface area is 150 Å². The van der Waals surface area contributed by atoms with E-state index in [-0.39, 0.29) is 22.8 Å². The van der Waals surface area contributed by atoms with E-state index in [1.165, 1.54) is 6.92 Å². The van der Waals surface area contributed by atoms with E-state index < -0.39 is 40.8 Å². The molecule has 9 nitrogen and oxygen atoms in total. The summed E-state index contributed by atoms with van der Waals surface area (Å²) < 4.78 is 45.8. The SMILES string of the molecule is CCOC(=O)[C@@H]1[C@@H](c2ccc([N+](=O)[O-])cc2)NC(=O)N(C)[C@]1(O)C(F)(F)F. The molecule has 0 unspecified atom stereocenters. The van der Waals surface area contributed by atoms with Crippen molar-refractivity contribution in [1.29, 1.82) is 0 Å². The summed E-state index contributed by atoms with van der Waals surface area (Å²) in [6, 6.07) is 1.30. The van der Waals surface area contributed by atoms with E-state index >= 15 is 0 Å². The zero-order chi connectivity index (χ0) is 20.6. The highest BCUT2D eigenvalue weighted by Crippen LogP contribution is 2.46. The molecule has 2 amide bonds. The lowest BCUT2D eigenvalue weighted by molar-refractivity contribution is -0.384. The molecule has 27 heavy (non-hydrogen) atoms.